The van der Waals surface area contributed by atoms with Gasteiger partial charge in [-0.15, -0.1) is 0 Å². The lowest BCUT2D eigenvalue weighted by Crippen LogP contribution is -2.05. The van der Waals surface area contributed by atoms with Crippen molar-refractivity contribution in [3.05, 3.63) is 36.2 Å². The van der Waals surface area contributed by atoms with E-state index in [1.54, 1.807) is 0 Å². The highest BCUT2D eigenvalue weighted by Gasteiger charge is 2.31. The van der Waals surface area contributed by atoms with Gasteiger partial charge in [-0.3, -0.25) is 0 Å². The summed E-state index contributed by atoms with van der Waals surface area (Å²) < 4.78 is 41.2. The summed E-state index contributed by atoms with van der Waals surface area (Å²) in [6.07, 6.45) is -4.39. The molecule has 0 heterocycles. The Morgan fingerprint density at radius 1 is 1.23 bits per heavy atom. The SMILES string of the molecule is [CH]c1cc(OC)cc(C(F)(F)F)c1. The van der Waals surface area contributed by atoms with Crippen LogP contribution in [0.5, 0.6) is 5.75 Å². The zero-order valence-electron chi connectivity index (χ0n) is 6.85. The third kappa shape index (κ3) is 2.37. The highest BCUT2D eigenvalue weighted by Crippen LogP contribution is 2.32. The highest BCUT2D eigenvalue weighted by molar-refractivity contribution is 5.37. The van der Waals surface area contributed by atoms with Crippen LogP contribution in [0.4, 0.5) is 13.2 Å². The predicted octanol–water partition coefficient (Wildman–Crippen LogP) is 2.77. The van der Waals surface area contributed by atoms with Gasteiger partial charge in [0.1, 0.15) is 5.75 Å². The third-order valence-corrected chi connectivity index (χ3v) is 1.49. The van der Waals surface area contributed by atoms with Gasteiger partial charge in [0, 0.05) is 0 Å². The minimum Gasteiger partial charge on any atom is -0.497 e. The number of benzene rings is 1. The van der Waals surface area contributed by atoms with E-state index in [1.165, 1.54) is 13.2 Å². The number of alkyl halides is 3. The smallest absolute Gasteiger partial charge is 0.416 e. The summed E-state index contributed by atoms with van der Waals surface area (Å²) in [5.74, 6) is 0.104. The van der Waals surface area contributed by atoms with Crippen LogP contribution in [-0.4, -0.2) is 7.11 Å². The van der Waals surface area contributed by atoms with Crippen LogP contribution >= 0.6 is 0 Å². The fourth-order valence-corrected chi connectivity index (χ4v) is 0.904. The van der Waals surface area contributed by atoms with Crippen molar-refractivity contribution in [1.29, 1.82) is 0 Å². The van der Waals surface area contributed by atoms with E-state index >= 15 is 0 Å². The van der Waals surface area contributed by atoms with Crippen LogP contribution in [0.15, 0.2) is 18.2 Å². The monoisotopic (exact) mass is 188 g/mol. The molecule has 1 nitrogen and oxygen atoms in total. The maximum absolute atomic E-state index is 12.2. The topological polar surface area (TPSA) is 9.23 Å². The Kier molecular flexibility index (Phi) is 2.50. The second kappa shape index (κ2) is 3.28. The summed E-state index contributed by atoms with van der Waals surface area (Å²) >= 11 is 0. The molecule has 0 spiro atoms. The lowest BCUT2D eigenvalue weighted by molar-refractivity contribution is -0.137. The van der Waals surface area contributed by atoms with Gasteiger partial charge in [-0.25, -0.2) is 0 Å². The van der Waals surface area contributed by atoms with Gasteiger partial charge in [-0.05, 0) is 30.7 Å². The molecule has 1 rings (SSSR count). The lowest BCUT2D eigenvalue weighted by atomic mass is 10.1. The predicted molar refractivity (Wildman–Crippen MR) is 41.4 cm³/mol. The molecular weight excluding hydrogens is 181 g/mol. The maximum atomic E-state index is 12.2. The number of hydrogen-bond acceptors (Lipinski definition) is 1. The summed E-state index contributed by atoms with van der Waals surface area (Å²) in [5.41, 5.74) is -0.768. The second-order valence-corrected chi connectivity index (χ2v) is 2.49. The molecule has 0 bridgehead atoms. The van der Waals surface area contributed by atoms with Crippen molar-refractivity contribution in [2.75, 3.05) is 7.11 Å². The van der Waals surface area contributed by atoms with E-state index < -0.39 is 11.7 Å². The first kappa shape index (κ1) is 9.89. The molecular formula is C9H7F3O. The summed E-state index contributed by atoms with van der Waals surface area (Å²) in [6, 6.07) is 3.09. The second-order valence-electron chi connectivity index (χ2n) is 2.49. The van der Waals surface area contributed by atoms with Crippen molar-refractivity contribution in [3.8, 4) is 5.75 Å². The average molecular weight is 188 g/mol. The van der Waals surface area contributed by atoms with Gasteiger partial charge in [-0.1, -0.05) is 0 Å². The van der Waals surface area contributed by atoms with Crippen molar-refractivity contribution in [2.45, 2.75) is 6.18 Å². The molecule has 0 saturated carbocycles. The average Bonchev–Trinajstić information content (AvgIpc) is 2.01. The van der Waals surface area contributed by atoms with Crippen molar-refractivity contribution in [2.24, 2.45) is 0 Å². The third-order valence-electron chi connectivity index (χ3n) is 1.49. The number of hydrogen-bond donors (Lipinski definition) is 0. The van der Waals surface area contributed by atoms with Gasteiger partial charge in [0.15, 0.2) is 0 Å². The fraction of sp³-hybridized carbons (Fsp3) is 0.222. The molecule has 0 saturated heterocycles. The molecule has 1 aromatic rings. The molecule has 0 N–H and O–H groups in total. The van der Waals surface area contributed by atoms with E-state index in [1.807, 2.05) is 0 Å². The molecule has 0 aliphatic rings. The van der Waals surface area contributed by atoms with Crippen LogP contribution in [0.1, 0.15) is 11.1 Å². The van der Waals surface area contributed by atoms with E-state index in [9.17, 15) is 13.2 Å². The minimum absolute atomic E-state index is 0.0340. The first-order valence-electron chi connectivity index (χ1n) is 3.45. The zero-order valence-corrected chi connectivity index (χ0v) is 6.85. The molecule has 0 fully saturated rings. The first-order valence-corrected chi connectivity index (χ1v) is 3.45. The Labute approximate surface area is 74.1 Å². The number of halogens is 3. The van der Waals surface area contributed by atoms with E-state index in [0.717, 1.165) is 12.1 Å². The van der Waals surface area contributed by atoms with Gasteiger partial charge in [0.25, 0.3) is 0 Å². The summed E-state index contributed by atoms with van der Waals surface area (Å²) in [7, 11) is 1.29. The van der Waals surface area contributed by atoms with Gasteiger partial charge >= 0.3 is 6.18 Å². The fourth-order valence-electron chi connectivity index (χ4n) is 0.904. The molecule has 0 aliphatic carbocycles. The molecule has 0 amide bonds. The Morgan fingerprint density at radius 3 is 2.31 bits per heavy atom. The minimum atomic E-state index is -4.39. The van der Waals surface area contributed by atoms with Crippen LogP contribution in [0.25, 0.3) is 0 Å². The molecule has 4 heteroatoms. The van der Waals surface area contributed by atoms with Crippen molar-refractivity contribution < 1.29 is 17.9 Å². The molecule has 70 valence electrons. The van der Waals surface area contributed by atoms with Crippen molar-refractivity contribution >= 4 is 0 Å². The number of ether oxygens (including phenoxy) is 1. The maximum Gasteiger partial charge on any atom is 0.416 e. The molecule has 0 atom stereocenters. The standard InChI is InChI=1S/C9H7F3O/c1-6-3-7(9(10,11)12)5-8(4-6)13-2/h1,3-5H,2H3. The Balaban J connectivity index is 3.16. The van der Waals surface area contributed by atoms with E-state index in [2.05, 4.69) is 4.74 Å². The normalized spacial score (nSPS) is 11.5. The highest BCUT2D eigenvalue weighted by atomic mass is 19.4. The lowest BCUT2D eigenvalue weighted by Gasteiger charge is -2.09. The first-order chi connectivity index (χ1) is 5.93. The number of methoxy groups -OCH3 is 1. The molecule has 2 radical (unpaired) electrons. The van der Waals surface area contributed by atoms with Gasteiger partial charge in [0.2, 0.25) is 0 Å². The van der Waals surface area contributed by atoms with E-state index in [4.69, 9.17) is 6.92 Å². The van der Waals surface area contributed by atoms with Crippen LogP contribution in [0.3, 0.4) is 0 Å². The molecule has 0 unspecified atom stereocenters. The summed E-state index contributed by atoms with van der Waals surface area (Å²) in [5, 5.41) is 0. The Morgan fingerprint density at radius 2 is 1.85 bits per heavy atom. The van der Waals surface area contributed by atoms with Crippen molar-refractivity contribution in [1.82, 2.24) is 0 Å². The van der Waals surface area contributed by atoms with Gasteiger partial charge in [-0.2, -0.15) is 13.2 Å². The Bertz CT molecular complexity index is 304. The van der Waals surface area contributed by atoms with Crippen LogP contribution in [0.2, 0.25) is 0 Å². The molecule has 13 heavy (non-hydrogen) atoms. The largest absolute Gasteiger partial charge is 0.497 e. The van der Waals surface area contributed by atoms with Gasteiger partial charge < -0.3 is 4.74 Å². The summed E-state index contributed by atoms with van der Waals surface area (Å²) in [6.45, 7) is 5.25. The van der Waals surface area contributed by atoms with E-state index in [-0.39, 0.29) is 11.3 Å². The zero-order chi connectivity index (χ0) is 10.1. The van der Waals surface area contributed by atoms with Crippen LogP contribution < -0.4 is 4.74 Å². The van der Waals surface area contributed by atoms with Crippen molar-refractivity contribution in [3.63, 3.8) is 0 Å². The van der Waals surface area contributed by atoms with Crippen LogP contribution in [0, 0.1) is 6.92 Å². The van der Waals surface area contributed by atoms with E-state index in [0.29, 0.717) is 0 Å². The molecule has 0 aromatic heterocycles. The number of rotatable bonds is 1. The summed E-state index contributed by atoms with van der Waals surface area (Å²) in [4.78, 5) is 0. The van der Waals surface area contributed by atoms with Gasteiger partial charge in [0.05, 0.1) is 12.7 Å². The quantitative estimate of drug-likeness (QED) is 0.658. The molecule has 1 aromatic carbocycles. The molecule has 0 aliphatic heterocycles. The van der Waals surface area contributed by atoms with Crippen LogP contribution in [-0.2, 0) is 6.18 Å². The Hall–Kier alpha value is -1.19.